The summed E-state index contributed by atoms with van der Waals surface area (Å²) in [6, 6.07) is 4.99. The molecule has 0 spiro atoms. The van der Waals surface area contributed by atoms with Crippen LogP contribution < -0.4 is 5.32 Å². The van der Waals surface area contributed by atoms with Gasteiger partial charge in [0.15, 0.2) is 0 Å². The Morgan fingerprint density at radius 1 is 1.25 bits per heavy atom. The first-order valence-corrected chi connectivity index (χ1v) is 7.04. The summed E-state index contributed by atoms with van der Waals surface area (Å²) in [4.78, 5) is 23.4. The molecule has 0 aliphatic rings. The molecule has 0 fully saturated rings. The summed E-state index contributed by atoms with van der Waals surface area (Å²) in [5.41, 5.74) is 2.32. The Balaban J connectivity index is 2.32. The van der Waals surface area contributed by atoms with Gasteiger partial charge in [-0.15, -0.1) is 11.3 Å². The van der Waals surface area contributed by atoms with Crippen molar-refractivity contribution in [2.75, 3.05) is 5.32 Å². The Labute approximate surface area is 125 Å². The van der Waals surface area contributed by atoms with Crippen molar-refractivity contribution >= 4 is 40.5 Å². The summed E-state index contributed by atoms with van der Waals surface area (Å²) in [6.07, 6.45) is 0. The van der Waals surface area contributed by atoms with Crippen LogP contribution in [0.5, 0.6) is 0 Å². The molecule has 0 unspecified atom stereocenters. The van der Waals surface area contributed by atoms with Gasteiger partial charge in [-0.3, -0.25) is 4.79 Å². The SMILES string of the molecule is Cc1cc(Cl)cc(C(=O)Nc2c(C)csc2C(=O)O)c1. The van der Waals surface area contributed by atoms with Crippen LogP contribution in [0.4, 0.5) is 5.69 Å². The zero-order valence-electron chi connectivity index (χ0n) is 10.9. The molecule has 20 heavy (non-hydrogen) atoms. The summed E-state index contributed by atoms with van der Waals surface area (Å²) in [6.45, 7) is 3.59. The molecule has 1 heterocycles. The van der Waals surface area contributed by atoms with Crippen LogP contribution in [-0.2, 0) is 0 Å². The minimum atomic E-state index is -1.05. The van der Waals surface area contributed by atoms with Gasteiger partial charge in [0, 0.05) is 10.6 Å². The Hall–Kier alpha value is -1.85. The van der Waals surface area contributed by atoms with Crippen molar-refractivity contribution in [2.45, 2.75) is 13.8 Å². The van der Waals surface area contributed by atoms with Crippen LogP contribution in [0.2, 0.25) is 5.02 Å². The molecule has 1 aromatic heterocycles. The topological polar surface area (TPSA) is 66.4 Å². The fraction of sp³-hybridized carbons (Fsp3) is 0.143. The van der Waals surface area contributed by atoms with E-state index >= 15 is 0 Å². The van der Waals surface area contributed by atoms with Gasteiger partial charge < -0.3 is 10.4 Å². The number of thiophene rings is 1. The number of hydrogen-bond acceptors (Lipinski definition) is 3. The molecule has 0 saturated carbocycles. The highest BCUT2D eigenvalue weighted by atomic mass is 35.5. The molecule has 2 rings (SSSR count). The lowest BCUT2D eigenvalue weighted by molar-refractivity contribution is 0.0703. The zero-order chi connectivity index (χ0) is 14.9. The first-order chi connectivity index (χ1) is 9.38. The van der Waals surface area contributed by atoms with E-state index in [0.717, 1.165) is 22.5 Å². The number of nitrogens with one attached hydrogen (secondary N) is 1. The van der Waals surface area contributed by atoms with Crippen molar-refractivity contribution in [1.29, 1.82) is 0 Å². The van der Waals surface area contributed by atoms with Gasteiger partial charge in [0.1, 0.15) is 4.88 Å². The van der Waals surface area contributed by atoms with Crippen LogP contribution in [-0.4, -0.2) is 17.0 Å². The second-order valence-corrected chi connectivity index (χ2v) is 5.72. The fourth-order valence-corrected chi connectivity index (χ4v) is 2.94. The van der Waals surface area contributed by atoms with E-state index in [1.165, 1.54) is 0 Å². The standard InChI is InChI=1S/C14H12ClNO3S/c1-7-3-9(5-10(15)4-7)13(17)16-11-8(2)6-20-12(11)14(18)19/h3-6H,1-2H3,(H,16,17)(H,18,19). The van der Waals surface area contributed by atoms with Gasteiger partial charge in [-0.2, -0.15) is 0 Å². The molecule has 0 aliphatic heterocycles. The first-order valence-electron chi connectivity index (χ1n) is 5.78. The molecule has 0 saturated heterocycles. The van der Waals surface area contributed by atoms with Crippen LogP contribution >= 0.6 is 22.9 Å². The van der Waals surface area contributed by atoms with E-state index in [1.54, 1.807) is 30.5 Å². The fourth-order valence-electron chi connectivity index (χ4n) is 1.81. The van der Waals surface area contributed by atoms with Crippen LogP contribution in [0.25, 0.3) is 0 Å². The minimum Gasteiger partial charge on any atom is -0.477 e. The number of amides is 1. The number of aromatic carboxylic acids is 1. The predicted molar refractivity (Wildman–Crippen MR) is 80.2 cm³/mol. The Morgan fingerprint density at radius 3 is 2.55 bits per heavy atom. The van der Waals surface area contributed by atoms with Gasteiger partial charge in [0.25, 0.3) is 5.91 Å². The number of anilines is 1. The van der Waals surface area contributed by atoms with Crippen molar-refractivity contribution in [3.8, 4) is 0 Å². The number of carbonyl (C=O) groups excluding carboxylic acids is 1. The third kappa shape index (κ3) is 3.00. The summed E-state index contributed by atoms with van der Waals surface area (Å²) in [5.74, 6) is -1.43. The molecule has 0 aliphatic carbocycles. The first kappa shape index (κ1) is 14.6. The minimum absolute atomic E-state index is 0.120. The van der Waals surface area contributed by atoms with E-state index in [4.69, 9.17) is 16.7 Å². The van der Waals surface area contributed by atoms with Crippen LogP contribution in [0.3, 0.4) is 0 Å². The molecule has 0 radical (unpaired) electrons. The largest absolute Gasteiger partial charge is 0.477 e. The highest BCUT2D eigenvalue weighted by molar-refractivity contribution is 7.12. The third-order valence-corrected chi connectivity index (χ3v) is 4.02. The second-order valence-electron chi connectivity index (χ2n) is 4.40. The Bertz CT molecular complexity index is 673. The van der Waals surface area contributed by atoms with Crippen molar-refractivity contribution in [2.24, 2.45) is 0 Å². The summed E-state index contributed by atoms with van der Waals surface area (Å²) >= 11 is 7.00. The summed E-state index contributed by atoms with van der Waals surface area (Å²) < 4.78 is 0. The molecular weight excluding hydrogens is 298 g/mol. The Morgan fingerprint density at radius 2 is 1.95 bits per heavy atom. The number of hydrogen-bond donors (Lipinski definition) is 2. The molecule has 1 amide bonds. The lowest BCUT2D eigenvalue weighted by Gasteiger charge is -2.07. The molecule has 1 aromatic carbocycles. The highest BCUT2D eigenvalue weighted by Gasteiger charge is 2.18. The molecular formula is C14H12ClNO3S. The van der Waals surface area contributed by atoms with Crippen LogP contribution in [0.15, 0.2) is 23.6 Å². The van der Waals surface area contributed by atoms with E-state index in [9.17, 15) is 9.59 Å². The van der Waals surface area contributed by atoms with Crippen LogP contribution in [0.1, 0.15) is 31.2 Å². The maximum atomic E-state index is 12.2. The maximum Gasteiger partial charge on any atom is 0.348 e. The van der Waals surface area contributed by atoms with Crippen LogP contribution in [0, 0.1) is 13.8 Å². The molecule has 2 N–H and O–H groups in total. The lowest BCUT2D eigenvalue weighted by Crippen LogP contribution is -2.14. The molecule has 4 nitrogen and oxygen atoms in total. The van der Waals surface area contributed by atoms with Gasteiger partial charge in [-0.1, -0.05) is 11.6 Å². The molecule has 2 aromatic rings. The van der Waals surface area contributed by atoms with Crippen molar-refractivity contribution in [1.82, 2.24) is 0 Å². The number of carboxylic acid groups (broad SMARTS) is 1. The number of carboxylic acids is 1. The average Bonchev–Trinajstić information content (AvgIpc) is 2.70. The van der Waals surface area contributed by atoms with Crippen molar-refractivity contribution < 1.29 is 14.7 Å². The number of aryl methyl sites for hydroxylation is 2. The number of carbonyl (C=O) groups is 2. The monoisotopic (exact) mass is 309 g/mol. The molecule has 0 bridgehead atoms. The van der Waals surface area contributed by atoms with Gasteiger partial charge >= 0.3 is 5.97 Å². The van der Waals surface area contributed by atoms with Gasteiger partial charge in [0.05, 0.1) is 5.69 Å². The quantitative estimate of drug-likeness (QED) is 0.901. The summed E-state index contributed by atoms with van der Waals surface area (Å²) in [5, 5.41) is 13.9. The lowest BCUT2D eigenvalue weighted by atomic mass is 10.1. The predicted octanol–water partition coefficient (Wildman–Crippen LogP) is 3.97. The van der Waals surface area contributed by atoms with E-state index in [0.29, 0.717) is 16.3 Å². The number of halogens is 1. The van der Waals surface area contributed by atoms with Gasteiger partial charge in [-0.25, -0.2) is 4.79 Å². The van der Waals surface area contributed by atoms with E-state index < -0.39 is 5.97 Å². The Kier molecular flexibility index (Phi) is 4.11. The van der Waals surface area contributed by atoms with Gasteiger partial charge in [0.2, 0.25) is 0 Å². The van der Waals surface area contributed by atoms with Crippen molar-refractivity contribution in [3.63, 3.8) is 0 Å². The van der Waals surface area contributed by atoms with Crippen molar-refractivity contribution in [3.05, 3.63) is 50.2 Å². The highest BCUT2D eigenvalue weighted by Crippen LogP contribution is 2.28. The molecule has 6 heteroatoms. The molecule has 0 atom stereocenters. The molecule has 104 valence electrons. The zero-order valence-corrected chi connectivity index (χ0v) is 12.4. The number of benzene rings is 1. The van der Waals surface area contributed by atoms with Gasteiger partial charge in [-0.05, 0) is 48.6 Å². The normalized spacial score (nSPS) is 10.3. The maximum absolute atomic E-state index is 12.2. The van der Waals surface area contributed by atoms with E-state index in [1.807, 2.05) is 6.92 Å². The summed E-state index contributed by atoms with van der Waals surface area (Å²) in [7, 11) is 0. The van der Waals surface area contributed by atoms with E-state index in [2.05, 4.69) is 5.32 Å². The number of rotatable bonds is 3. The van der Waals surface area contributed by atoms with E-state index in [-0.39, 0.29) is 10.8 Å². The second kappa shape index (κ2) is 5.64. The third-order valence-electron chi connectivity index (χ3n) is 2.71. The average molecular weight is 310 g/mol. The smallest absolute Gasteiger partial charge is 0.348 e.